The topological polar surface area (TPSA) is 102 Å². The summed E-state index contributed by atoms with van der Waals surface area (Å²) in [5, 5.41) is 2.54. The Hall–Kier alpha value is -1.35. The number of esters is 1. The number of nitrogens with one attached hydrogen (secondary N) is 2. The molecular formula is C12H14Cl2N2O5S. The highest BCUT2D eigenvalue weighted by Crippen LogP contribution is 2.24. The van der Waals surface area contributed by atoms with Gasteiger partial charge in [-0.1, -0.05) is 23.2 Å². The van der Waals surface area contributed by atoms with Crippen LogP contribution in [0.2, 0.25) is 10.0 Å². The molecule has 0 aliphatic carbocycles. The first-order chi connectivity index (χ1) is 10.2. The summed E-state index contributed by atoms with van der Waals surface area (Å²) in [6.45, 7) is 0.801. The van der Waals surface area contributed by atoms with Crippen LogP contribution >= 0.6 is 23.2 Å². The van der Waals surface area contributed by atoms with Gasteiger partial charge in [0.05, 0.1) is 14.9 Å². The minimum Gasteiger partial charge on any atom is -0.454 e. The van der Waals surface area contributed by atoms with Crippen LogP contribution in [0.5, 0.6) is 0 Å². The van der Waals surface area contributed by atoms with E-state index in [9.17, 15) is 18.0 Å². The van der Waals surface area contributed by atoms with Crippen molar-refractivity contribution in [2.75, 3.05) is 13.7 Å². The molecule has 122 valence electrons. The quantitative estimate of drug-likeness (QED) is 0.727. The first-order valence-electron chi connectivity index (χ1n) is 6.02. The maximum atomic E-state index is 12.1. The summed E-state index contributed by atoms with van der Waals surface area (Å²) in [4.78, 5) is 22.4. The van der Waals surface area contributed by atoms with Crippen LogP contribution in [0, 0.1) is 0 Å². The van der Waals surface area contributed by atoms with Crippen molar-refractivity contribution in [3.05, 3.63) is 28.2 Å². The third-order valence-electron chi connectivity index (χ3n) is 2.51. The average molecular weight is 369 g/mol. The van der Waals surface area contributed by atoms with Crippen LogP contribution in [0.15, 0.2) is 23.1 Å². The third kappa shape index (κ3) is 5.13. The molecule has 0 aliphatic rings. The van der Waals surface area contributed by atoms with Crippen LogP contribution < -0.4 is 10.0 Å². The average Bonchev–Trinajstić information content (AvgIpc) is 2.46. The molecular weight excluding hydrogens is 355 g/mol. The van der Waals surface area contributed by atoms with E-state index >= 15 is 0 Å². The molecule has 0 spiro atoms. The molecule has 1 aromatic carbocycles. The first-order valence-corrected chi connectivity index (χ1v) is 8.26. The van der Waals surface area contributed by atoms with Gasteiger partial charge < -0.3 is 10.1 Å². The number of hydrogen-bond donors (Lipinski definition) is 2. The highest BCUT2D eigenvalue weighted by atomic mass is 35.5. The van der Waals surface area contributed by atoms with Gasteiger partial charge in [-0.2, -0.15) is 4.72 Å². The number of sulfonamides is 1. The summed E-state index contributed by atoms with van der Waals surface area (Å²) in [7, 11) is -2.60. The summed E-state index contributed by atoms with van der Waals surface area (Å²) in [5.41, 5.74) is 0. The predicted molar refractivity (Wildman–Crippen MR) is 81.3 cm³/mol. The Morgan fingerprint density at radius 2 is 1.91 bits per heavy atom. The lowest BCUT2D eigenvalue weighted by molar-refractivity contribution is -0.149. The van der Waals surface area contributed by atoms with Crippen molar-refractivity contribution >= 4 is 45.1 Å². The van der Waals surface area contributed by atoms with Crippen LogP contribution in [0.1, 0.15) is 6.92 Å². The number of carbonyl (C=O) groups excluding carboxylic acids is 2. The van der Waals surface area contributed by atoms with Crippen LogP contribution in [-0.4, -0.2) is 40.0 Å². The molecule has 1 rings (SSSR count). The maximum absolute atomic E-state index is 12.1. The summed E-state index contributed by atoms with van der Waals surface area (Å²) in [5.74, 6) is -1.39. The highest BCUT2D eigenvalue weighted by molar-refractivity contribution is 7.89. The third-order valence-corrected chi connectivity index (χ3v) is 4.79. The van der Waals surface area contributed by atoms with Crippen LogP contribution in [0.3, 0.4) is 0 Å². The molecule has 0 radical (unpaired) electrons. The predicted octanol–water partition coefficient (Wildman–Crippen LogP) is 0.949. The van der Waals surface area contributed by atoms with E-state index < -0.39 is 34.5 Å². The fraction of sp³-hybridized carbons (Fsp3) is 0.333. The monoisotopic (exact) mass is 368 g/mol. The van der Waals surface area contributed by atoms with Gasteiger partial charge in [-0.05, 0) is 25.1 Å². The van der Waals surface area contributed by atoms with Crippen molar-refractivity contribution in [1.29, 1.82) is 0 Å². The minimum absolute atomic E-state index is 0.0689. The molecule has 0 saturated heterocycles. The van der Waals surface area contributed by atoms with E-state index in [1.165, 1.54) is 26.1 Å². The maximum Gasteiger partial charge on any atom is 0.324 e. The molecule has 22 heavy (non-hydrogen) atoms. The van der Waals surface area contributed by atoms with Crippen molar-refractivity contribution in [2.24, 2.45) is 0 Å². The molecule has 1 aromatic rings. The number of benzene rings is 1. The highest BCUT2D eigenvalue weighted by Gasteiger charge is 2.24. The van der Waals surface area contributed by atoms with Crippen LogP contribution in [0.4, 0.5) is 0 Å². The molecule has 1 amide bonds. The Bertz CT molecular complexity index is 678. The lowest BCUT2D eigenvalue weighted by Crippen LogP contribution is -2.40. The van der Waals surface area contributed by atoms with E-state index in [1.54, 1.807) is 0 Å². The van der Waals surface area contributed by atoms with E-state index in [4.69, 9.17) is 23.2 Å². The van der Waals surface area contributed by atoms with Crippen molar-refractivity contribution in [3.8, 4) is 0 Å². The van der Waals surface area contributed by atoms with Gasteiger partial charge in [-0.25, -0.2) is 8.42 Å². The van der Waals surface area contributed by atoms with Crippen molar-refractivity contribution in [1.82, 2.24) is 10.0 Å². The summed E-state index contributed by atoms with van der Waals surface area (Å²) < 4.78 is 31.0. The molecule has 0 bridgehead atoms. The van der Waals surface area contributed by atoms with E-state index in [0.29, 0.717) is 0 Å². The van der Waals surface area contributed by atoms with Gasteiger partial charge >= 0.3 is 5.97 Å². The second-order valence-corrected chi connectivity index (χ2v) is 6.73. The van der Waals surface area contributed by atoms with Crippen LogP contribution in [-0.2, 0) is 24.3 Å². The molecule has 0 aliphatic heterocycles. The minimum atomic E-state index is -3.98. The second kappa shape index (κ2) is 7.77. The number of amides is 1. The Labute approximate surface area is 138 Å². The SMILES string of the molecule is CNC(=O)COC(=O)[C@H](C)NS(=O)(=O)c1ccc(Cl)c(Cl)c1. The van der Waals surface area contributed by atoms with Gasteiger partial charge in [-0.3, -0.25) is 9.59 Å². The Balaban J connectivity index is 2.76. The zero-order chi connectivity index (χ0) is 16.9. The standard InChI is InChI=1S/C12H14Cl2N2O5S/c1-7(12(18)21-6-11(17)15-2)16-22(19,20)8-3-4-9(13)10(14)5-8/h3-5,7,16H,6H2,1-2H3,(H,15,17)/t7-/m0/s1. The van der Waals surface area contributed by atoms with Crippen molar-refractivity contribution in [3.63, 3.8) is 0 Å². The number of hydrogen-bond acceptors (Lipinski definition) is 5. The number of carbonyl (C=O) groups is 2. The van der Waals surface area contributed by atoms with E-state index in [0.717, 1.165) is 6.07 Å². The van der Waals surface area contributed by atoms with E-state index in [1.807, 2.05) is 0 Å². The Morgan fingerprint density at radius 3 is 2.45 bits per heavy atom. The summed E-state index contributed by atoms with van der Waals surface area (Å²) >= 11 is 11.5. The molecule has 0 heterocycles. The molecule has 10 heteroatoms. The van der Waals surface area contributed by atoms with E-state index in [2.05, 4.69) is 14.8 Å². The lowest BCUT2D eigenvalue weighted by atomic mass is 10.4. The normalized spacial score (nSPS) is 12.5. The number of likely N-dealkylation sites (N-methyl/N-ethyl adjacent to an activating group) is 1. The molecule has 7 nitrogen and oxygen atoms in total. The number of ether oxygens (including phenoxy) is 1. The Morgan fingerprint density at radius 1 is 1.27 bits per heavy atom. The number of halogens is 2. The molecule has 2 N–H and O–H groups in total. The van der Waals surface area contributed by atoms with Crippen molar-refractivity contribution < 1.29 is 22.7 Å². The lowest BCUT2D eigenvalue weighted by Gasteiger charge is -2.13. The number of rotatable bonds is 6. The first kappa shape index (κ1) is 18.7. The molecule has 0 unspecified atom stereocenters. The smallest absolute Gasteiger partial charge is 0.324 e. The van der Waals surface area contributed by atoms with Gasteiger partial charge in [0.15, 0.2) is 6.61 Å². The van der Waals surface area contributed by atoms with Gasteiger partial charge in [0.25, 0.3) is 5.91 Å². The second-order valence-electron chi connectivity index (χ2n) is 4.20. The molecule has 1 atom stereocenters. The zero-order valence-corrected chi connectivity index (χ0v) is 14.1. The largest absolute Gasteiger partial charge is 0.454 e. The van der Waals surface area contributed by atoms with Gasteiger partial charge in [0.2, 0.25) is 10.0 Å². The van der Waals surface area contributed by atoms with Crippen molar-refractivity contribution in [2.45, 2.75) is 17.9 Å². The molecule has 0 saturated carbocycles. The van der Waals surface area contributed by atoms with Gasteiger partial charge in [0.1, 0.15) is 6.04 Å². The molecule has 0 aromatic heterocycles. The van der Waals surface area contributed by atoms with Gasteiger partial charge in [-0.15, -0.1) is 0 Å². The molecule has 0 fully saturated rings. The summed E-state index contributed by atoms with van der Waals surface area (Å²) in [6.07, 6.45) is 0. The zero-order valence-electron chi connectivity index (χ0n) is 11.7. The van der Waals surface area contributed by atoms with Gasteiger partial charge in [0, 0.05) is 7.05 Å². The fourth-order valence-electron chi connectivity index (χ4n) is 1.33. The fourth-order valence-corrected chi connectivity index (χ4v) is 2.91. The van der Waals surface area contributed by atoms with E-state index in [-0.39, 0.29) is 14.9 Å². The van der Waals surface area contributed by atoms with Crippen LogP contribution in [0.25, 0.3) is 0 Å². The Kier molecular flexibility index (Phi) is 6.61. The summed E-state index contributed by atoms with van der Waals surface area (Å²) in [6, 6.07) is 2.56.